The first kappa shape index (κ1) is 19.5. The first-order valence-corrected chi connectivity index (χ1v) is 8.42. The first-order chi connectivity index (χ1) is 11.6. The molecule has 2 fully saturated rings. The molecular weight excluding hydrogens is 317 g/mol. The number of terminal acetylenes is 1. The lowest BCUT2D eigenvalue weighted by molar-refractivity contribution is -0.133. The molecule has 1 aromatic rings. The number of likely N-dealkylation sites (tertiary alicyclic amines) is 1. The van der Waals surface area contributed by atoms with Gasteiger partial charge in [-0.3, -0.25) is 4.79 Å². The van der Waals surface area contributed by atoms with E-state index in [1.54, 1.807) is 7.05 Å². The number of amides is 1. The number of hydrogen-bond acceptors (Lipinski definition) is 4. The molecule has 1 atom stereocenters. The lowest BCUT2D eigenvalue weighted by Gasteiger charge is -2.32. The molecule has 2 aliphatic heterocycles. The zero-order valence-corrected chi connectivity index (χ0v) is 15.6. The van der Waals surface area contributed by atoms with Gasteiger partial charge in [-0.2, -0.15) is 0 Å². The highest BCUT2D eigenvalue weighted by molar-refractivity contribution is 6.62. The Bertz CT molecular complexity index is 652. The third-order valence-corrected chi connectivity index (χ3v) is 4.98. The van der Waals surface area contributed by atoms with Crippen LogP contribution in [0.25, 0.3) is 0 Å². The Morgan fingerprint density at radius 3 is 2.28 bits per heavy atom. The number of carbonyl (C=O) groups excluding carboxylic acids is 1. The highest BCUT2D eigenvalue weighted by Crippen LogP contribution is 2.36. The molecule has 2 aliphatic rings. The minimum absolute atomic E-state index is 0.148. The van der Waals surface area contributed by atoms with Crippen LogP contribution in [0.3, 0.4) is 0 Å². The third-order valence-electron chi connectivity index (χ3n) is 4.98. The van der Waals surface area contributed by atoms with E-state index in [-0.39, 0.29) is 24.2 Å². The van der Waals surface area contributed by atoms with Crippen LogP contribution in [-0.4, -0.2) is 53.9 Å². The van der Waals surface area contributed by atoms with Crippen molar-refractivity contribution >= 4 is 18.5 Å². The van der Waals surface area contributed by atoms with Crippen molar-refractivity contribution in [2.75, 3.05) is 13.6 Å². The summed E-state index contributed by atoms with van der Waals surface area (Å²) in [5, 5.41) is 8.78. The molecule has 25 heavy (non-hydrogen) atoms. The molecule has 1 aromatic carbocycles. The van der Waals surface area contributed by atoms with Crippen molar-refractivity contribution in [3.8, 4) is 12.3 Å². The van der Waals surface area contributed by atoms with Crippen LogP contribution in [0, 0.1) is 12.3 Å². The molecule has 0 aliphatic carbocycles. The summed E-state index contributed by atoms with van der Waals surface area (Å²) in [5.74, 6) is 2.47. The zero-order valence-electron chi connectivity index (χ0n) is 15.6. The van der Waals surface area contributed by atoms with E-state index >= 15 is 0 Å². The van der Waals surface area contributed by atoms with Crippen LogP contribution in [0.1, 0.15) is 39.7 Å². The minimum Gasteiger partial charge on any atom is -0.399 e. The lowest BCUT2D eigenvalue weighted by Crippen LogP contribution is -2.41. The molecule has 5 nitrogen and oxygen atoms in total. The van der Waals surface area contributed by atoms with E-state index in [0.717, 1.165) is 11.0 Å². The molecule has 2 saturated heterocycles. The van der Waals surface area contributed by atoms with Crippen LogP contribution < -0.4 is 5.46 Å². The normalized spacial score (nSPS) is 23.9. The average molecular weight is 343 g/mol. The molecule has 0 saturated carbocycles. The molecule has 0 radical (unpaired) electrons. The molecule has 1 unspecified atom stereocenters. The van der Waals surface area contributed by atoms with E-state index in [1.165, 1.54) is 4.90 Å². The molecule has 6 heteroatoms. The maximum Gasteiger partial charge on any atom is 0.494 e. The van der Waals surface area contributed by atoms with Crippen LogP contribution in [0.5, 0.6) is 0 Å². The zero-order chi connectivity index (χ0) is 18.8. The summed E-state index contributed by atoms with van der Waals surface area (Å²) in [7, 11) is 1.35. The smallest absolute Gasteiger partial charge is 0.399 e. The Morgan fingerprint density at radius 2 is 1.88 bits per heavy atom. The van der Waals surface area contributed by atoms with Crippen molar-refractivity contribution in [2.45, 2.75) is 51.4 Å². The lowest BCUT2D eigenvalue weighted by atomic mass is 9.78. The molecule has 134 valence electrons. The largest absolute Gasteiger partial charge is 0.494 e. The van der Waals surface area contributed by atoms with Gasteiger partial charge in [-0.05, 0) is 51.7 Å². The summed E-state index contributed by atoms with van der Waals surface area (Å²) in [5.41, 5.74) is 1.18. The van der Waals surface area contributed by atoms with Gasteiger partial charge in [0.2, 0.25) is 0 Å². The van der Waals surface area contributed by atoms with E-state index in [0.29, 0.717) is 13.0 Å². The summed E-state index contributed by atoms with van der Waals surface area (Å²) in [6.07, 6.45) is 5.26. The van der Waals surface area contributed by atoms with Gasteiger partial charge in [0.05, 0.1) is 11.2 Å². The molecule has 0 aromatic heterocycles. The summed E-state index contributed by atoms with van der Waals surface area (Å²) in [6, 6.07) is 7.73. The summed E-state index contributed by atoms with van der Waals surface area (Å²) in [6.45, 7) is 8.85. The third kappa shape index (κ3) is 4.24. The number of hydrogen-bond donors (Lipinski definition) is 1. The highest BCUT2D eigenvalue weighted by Gasteiger charge is 2.51. The average Bonchev–Trinajstić information content (AvgIpc) is 2.97. The van der Waals surface area contributed by atoms with Gasteiger partial charge in [0, 0.05) is 19.2 Å². The van der Waals surface area contributed by atoms with Crippen molar-refractivity contribution in [1.82, 2.24) is 4.90 Å². The molecule has 1 amide bonds. The molecule has 1 N–H and O–H groups in total. The monoisotopic (exact) mass is 343 g/mol. The quantitative estimate of drug-likeness (QED) is 0.615. The Labute approximate surface area is 150 Å². The van der Waals surface area contributed by atoms with E-state index in [4.69, 9.17) is 20.8 Å². The van der Waals surface area contributed by atoms with Crippen LogP contribution in [0.2, 0.25) is 0 Å². The number of benzene rings is 1. The Balaban J connectivity index is 0.000000236. The van der Waals surface area contributed by atoms with Crippen LogP contribution in [-0.2, 0) is 14.1 Å². The van der Waals surface area contributed by atoms with Crippen molar-refractivity contribution < 1.29 is 19.2 Å². The number of nitrogens with zero attached hydrogens (tertiary/aromatic N) is 1. The molecule has 3 rings (SSSR count). The molecular formula is C19H26BNO4. The maximum absolute atomic E-state index is 10.6. The minimum atomic E-state index is -0.722. The van der Waals surface area contributed by atoms with E-state index in [2.05, 4.69) is 5.92 Å². The number of aliphatic hydroxyl groups is 1. The number of aliphatic hydroxyl groups excluding tert-OH is 1. The van der Waals surface area contributed by atoms with E-state index in [1.807, 2.05) is 52.0 Å². The van der Waals surface area contributed by atoms with Crippen LogP contribution in [0.15, 0.2) is 24.3 Å². The predicted octanol–water partition coefficient (Wildman–Crippen LogP) is 1.18. The fourth-order valence-electron chi connectivity index (χ4n) is 2.56. The van der Waals surface area contributed by atoms with Gasteiger partial charge in [0.15, 0.2) is 0 Å². The SMILES string of the molecule is C#Cc1cccc(B2OC(C)(C)C(C)(C)O2)c1.CN1CCC(O)C1=O. The molecule has 0 bridgehead atoms. The van der Waals surface area contributed by atoms with Crippen LogP contribution in [0.4, 0.5) is 0 Å². The standard InChI is InChI=1S/C14H17BO2.C5H9NO2/c1-6-11-8-7-9-12(10-11)15-16-13(2,3)14(4,5)17-15;1-6-3-2-4(7)5(6)8/h1,7-10H,2-5H3;4,7H,2-3H2,1H3. The summed E-state index contributed by atoms with van der Waals surface area (Å²) >= 11 is 0. The van der Waals surface area contributed by atoms with Gasteiger partial charge in [-0.1, -0.05) is 18.1 Å². The summed E-state index contributed by atoms with van der Waals surface area (Å²) in [4.78, 5) is 12.1. The van der Waals surface area contributed by atoms with Crippen molar-refractivity contribution in [3.63, 3.8) is 0 Å². The number of carbonyl (C=O) groups is 1. The fourth-order valence-corrected chi connectivity index (χ4v) is 2.56. The Kier molecular flexibility index (Phi) is 5.63. The number of rotatable bonds is 1. The second-order valence-corrected chi connectivity index (χ2v) is 7.42. The van der Waals surface area contributed by atoms with E-state index in [9.17, 15) is 4.79 Å². The Hall–Kier alpha value is -1.81. The highest BCUT2D eigenvalue weighted by atomic mass is 16.7. The fraction of sp³-hybridized carbons (Fsp3) is 0.526. The molecule has 2 heterocycles. The topological polar surface area (TPSA) is 59.0 Å². The van der Waals surface area contributed by atoms with Gasteiger partial charge in [-0.15, -0.1) is 6.42 Å². The first-order valence-electron chi connectivity index (χ1n) is 8.42. The van der Waals surface area contributed by atoms with Crippen molar-refractivity contribution in [3.05, 3.63) is 29.8 Å². The second kappa shape index (κ2) is 7.21. The Morgan fingerprint density at radius 1 is 1.28 bits per heavy atom. The van der Waals surface area contributed by atoms with Crippen molar-refractivity contribution in [2.24, 2.45) is 0 Å². The van der Waals surface area contributed by atoms with Crippen molar-refractivity contribution in [1.29, 1.82) is 0 Å². The number of likely N-dealkylation sites (N-methyl/N-ethyl adjacent to an activating group) is 1. The van der Waals surface area contributed by atoms with Gasteiger partial charge >= 0.3 is 7.12 Å². The van der Waals surface area contributed by atoms with Gasteiger partial charge in [0.1, 0.15) is 6.10 Å². The van der Waals surface area contributed by atoms with Gasteiger partial charge in [-0.25, -0.2) is 0 Å². The predicted molar refractivity (Wildman–Crippen MR) is 98.4 cm³/mol. The van der Waals surface area contributed by atoms with Gasteiger partial charge < -0.3 is 19.3 Å². The molecule has 0 spiro atoms. The maximum atomic E-state index is 10.6. The van der Waals surface area contributed by atoms with Crippen LogP contribution >= 0.6 is 0 Å². The van der Waals surface area contributed by atoms with Gasteiger partial charge in [0.25, 0.3) is 5.91 Å². The van der Waals surface area contributed by atoms with E-state index < -0.39 is 6.10 Å². The second-order valence-electron chi connectivity index (χ2n) is 7.42. The summed E-state index contributed by atoms with van der Waals surface area (Å²) < 4.78 is 11.9.